The molecule has 1 N–H and O–H groups in total. The van der Waals surface area contributed by atoms with Crippen LogP contribution >= 0.6 is 33.9 Å². The molecule has 2 aromatic rings. The summed E-state index contributed by atoms with van der Waals surface area (Å²) in [6.07, 6.45) is 1.76. The molecule has 2 heterocycles. The van der Waals surface area contributed by atoms with Gasteiger partial charge in [0.05, 0.1) is 9.26 Å². The molecule has 0 bridgehead atoms. The number of rotatable bonds is 2. The van der Waals surface area contributed by atoms with Gasteiger partial charge in [-0.15, -0.1) is 11.3 Å². The third kappa shape index (κ3) is 2.10. The molecule has 0 aliphatic rings. The smallest absolute Gasteiger partial charge is 0.190 e. The zero-order chi connectivity index (χ0) is 10.8. The lowest BCUT2D eigenvalue weighted by molar-refractivity contribution is 1.08. The number of hydrogen-bond donors (Lipinski definition) is 1. The zero-order valence-electron chi connectivity index (χ0n) is 8.28. The highest BCUT2D eigenvalue weighted by Gasteiger charge is 2.10. The van der Waals surface area contributed by atoms with Crippen LogP contribution < -0.4 is 5.32 Å². The lowest BCUT2D eigenvalue weighted by Crippen LogP contribution is -2.02. The number of thiazole rings is 1. The summed E-state index contributed by atoms with van der Waals surface area (Å²) in [5.41, 5.74) is 0.972. The summed E-state index contributed by atoms with van der Waals surface area (Å²) in [6.45, 7) is 1.97. The van der Waals surface area contributed by atoms with Crippen molar-refractivity contribution in [2.45, 2.75) is 6.92 Å². The number of nitrogens with one attached hydrogen (secondary N) is 1. The Morgan fingerprint density at radius 3 is 2.80 bits per heavy atom. The molecule has 0 aromatic carbocycles. The molecular weight excluding hydrogens is 323 g/mol. The van der Waals surface area contributed by atoms with E-state index in [0.29, 0.717) is 5.82 Å². The van der Waals surface area contributed by atoms with Gasteiger partial charge in [0, 0.05) is 18.6 Å². The third-order valence-electron chi connectivity index (χ3n) is 1.88. The van der Waals surface area contributed by atoms with Gasteiger partial charge in [0.25, 0.3) is 0 Å². The normalized spacial score (nSPS) is 10.3. The Balaban J connectivity index is 2.55. The Morgan fingerprint density at radius 2 is 2.20 bits per heavy atom. The van der Waals surface area contributed by atoms with Crippen LogP contribution in [0.2, 0.25) is 0 Å². The monoisotopic (exact) mass is 332 g/mol. The molecule has 2 aromatic heterocycles. The lowest BCUT2D eigenvalue weighted by Gasteiger charge is -2.06. The second-order valence-corrected chi connectivity index (χ2v) is 4.86. The second kappa shape index (κ2) is 4.40. The van der Waals surface area contributed by atoms with Crippen molar-refractivity contribution in [3.05, 3.63) is 20.8 Å². The van der Waals surface area contributed by atoms with Crippen LogP contribution in [-0.2, 0) is 0 Å². The van der Waals surface area contributed by atoms with E-state index in [1.54, 1.807) is 17.5 Å². The van der Waals surface area contributed by atoms with E-state index in [9.17, 15) is 0 Å². The van der Waals surface area contributed by atoms with Crippen molar-refractivity contribution in [1.29, 1.82) is 0 Å². The van der Waals surface area contributed by atoms with Gasteiger partial charge in [0.1, 0.15) is 5.82 Å². The van der Waals surface area contributed by atoms with Crippen LogP contribution in [0.15, 0.2) is 11.6 Å². The molecule has 0 saturated carbocycles. The molecule has 0 aliphatic heterocycles. The minimum absolute atomic E-state index is 0.687. The minimum Gasteiger partial charge on any atom is -0.372 e. The summed E-state index contributed by atoms with van der Waals surface area (Å²) in [7, 11) is 1.86. The Labute approximate surface area is 105 Å². The first-order valence-corrected chi connectivity index (χ1v) is 6.30. The maximum Gasteiger partial charge on any atom is 0.190 e. The highest BCUT2D eigenvalue weighted by Crippen LogP contribution is 2.24. The summed E-state index contributed by atoms with van der Waals surface area (Å²) in [4.78, 5) is 13.0. The molecule has 0 spiro atoms. The predicted octanol–water partition coefficient (Wildman–Crippen LogP) is 2.55. The molecule has 15 heavy (non-hydrogen) atoms. The fourth-order valence-electron chi connectivity index (χ4n) is 1.15. The predicted molar refractivity (Wildman–Crippen MR) is 70.1 cm³/mol. The van der Waals surface area contributed by atoms with Gasteiger partial charge >= 0.3 is 0 Å². The Morgan fingerprint density at radius 1 is 1.40 bits per heavy atom. The van der Waals surface area contributed by atoms with Crippen LogP contribution in [0.25, 0.3) is 10.8 Å². The van der Waals surface area contributed by atoms with Crippen molar-refractivity contribution in [3.63, 3.8) is 0 Å². The van der Waals surface area contributed by atoms with Crippen LogP contribution in [0.5, 0.6) is 0 Å². The third-order valence-corrected chi connectivity index (χ3v) is 3.94. The lowest BCUT2D eigenvalue weighted by atomic mass is 10.4. The summed E-state index contributed by atoms with van der Waals surface area (Å²) < 4.78 is 1.05. The van der Waals surface area contributed by atoms with Crippen LogP contribution in [-0.4, -0.2) is 22.0 Å². The van der Waals surface area contributed by atoms with Crippen molar-refractivity contribution in [3.8, 4) is 10.8 Å². The van der Waals surface area contributed by atoms with Crippen molar-refractivity contribution in [2.24, 2.45) is 0 Å². The Hall–Kier alpha value is -0.760. The van der Waals surface area contributed by atoms with Gasteiger partial charge in [0.2, 0.25) is 0 Å². The van der Waals surface area contributed by atoms with Gasteiger partial charge in [0.15, 0.2) is 10.8 Å². The maximum atomic E-state index is 4.41. The zero-order valence-corrected chi connectivity index (χ0v) is 11.3. The fourth-order valence-corrected chi connectivity index (χ4v) is 2.23. The summed E-state index contributed by atoms with van der Waals surface area (Å²) >= 11 is 3.78. The molecule has 0 aliphatic carbocycles. The summed E-state index contributed by atoms with van der Waals surface area (Å²) in [5, 5.41) is 5.83. The number of hydrogen-bond acceptors (Lipinski definition) is 5. The van der Waals surface area contributed by atoms with E-state index in [2.05, 4.69) is 42.9 Å². The average molecular weight is 332 g/mol. The van der Waals surface area contributed by atoms with Crippen molar-refractivity contribution in [1.82, 2.24) is 15.0 Å². The molecule has 0 saturated heterocycles. The van der Waals surface area contributed by atoms with E-state index in [4.69, 9.17) is 0 Å². The van der Waals surface area contributed by atoms with Crippen LogP contribution in [0.4, 0.5) is 5.82 Å². The van der Waals surface area contributed by atoms with Crippen LogP contribution in [0.1, 0.15) is 5.69 Å². The number of anilines is 1. The maximum absolute atomic E-state index is 4.41. The largest absolute Gasteiger partial charge is 0.372 e. The molecule has 0 radical (unpaired) electrons. The molecule has 0 fully saturated rings. The molecule has 4 nitrogen and oxygen atoms in total. The first kappa shape index (κ1) is 10.7. The second-order valence-electron chi connectivity index (χ2n) is 2.88. The highest BCUT2D eigenvalue weighted by molar-refractivity contribution is 14.1. The highest BCUT2D eigenvalue weighted by atomic mass is 127. The summed E-state index contributed by atoms with van der Waals surface area (Å²) in [5.74, 6) is 1.54. The molecule has 6 heteroatoms. The van der Waals surface area contributed by atoms with Crippen molar-refractivity contribution < 1.29 is 0 Å². The number of halogens is 1. The first-order chi connectivity index (χ1) is 7.22. The van der Waals surface area contributed by atoms with Gasteiger partial charge in [-0.1, -0.05) is 0 Å². The Kier molecular flexibility index (Phi) is 3.15. The average Bonchev–Trinajstić information content (AvgIpc) is 2.75. The summed E-state index contributed by atoms with van der Waals surface area (Å²) in [6, 6.07) is 0. The SMILES string of the molecule is CNc1nc(-c2nccs2)nc(C)c1I. The number of aromatic nitrogens is 3. The Bertz CT molecular complexity index is 469. The van der Waals surface area contributed by atoms with Gasteiger partial charge in [-0.05, 0) is 29.5 Å². The van der Waals surface area contributed by atoms with Crippen molar-refractivity contribution in [2.75, 3.05) is 12.4 Å². The van der Waals surface area contributed by atoms with Gasteiger partial charge in [-0.2, -0.15) is 0 Å². The van der Waals surface area contributed by atoms with E-state index in [1.165, 1.54) is 0 Å². The van der Waals surface area contributed by atoms with E-state index in [-0.39, 0.29) is 0 Å². The topological polar surface area (TPSA) is 50.7 Å². The molecule has 2 rings (SSSR count). The van der Waals surface area contributed by atoms with Gasteiger partial charge in [-0.3, -0.25) is 0 Å². The fraction of sp³-hybridized carbons (Fsp3) is 0.222. The quantitative estimate of drug-likeness (QED) is 0.859. The van der Waals surface area contributed by atoms with Crippen LogP contribution in [0, 0.1) is 10.5 Å². The first-order valence-electron chi connectivity index (χ1n) is 4.34. The molecule has 0 unspecified atom stereocenters. The van der Waals surface area contributed by atoms with Crippen molar-refractivity contribution >= 4 is 39.7 Å². The number of aryl methyl sites for hydroxylation is 1. The van der Waals surface area contributed by atoms with E-state index in [0.717, 1.165) is 20.1 Å². The minimum atomic E-state index is 0.687. The van der Waals surface area contributed by atoms with E-state index in [1.807, 2.05) is 19.4 Å². The van der Waals surface area contributed by atoms with E-state index >= 15 is 0 Å². The van der Waals surface area contributed by atoms with E-state index < -0.39 is 0 Å². The molecule has 0 atom stereocenters. The van der Waals surface area contributed by atoms with Crippen LogP contribution in [0.3, 0.4) is 0 Å². The van der Waals surface area contributed by atoms with Gasteiger partial charge < -0.3 is 5.32 Å². The molecular formula is C9H9IN4S. The number of nitrogens with zero attached hydrogens (tertiary/aromatic N) is 3. The standard InChI is InChI=1S/C9H9IN4S/c1-5-6(10)7(11-2)14-8(13-5)9-12-3-4-15-9/h3-4H,1-2H3,(H,11,13,14). The molecule has 0 amide bonds. The molecule has 78 valence electrons. The van der Waals surface area contributed by atoms with Gasteiger partial charge in [-0.25, -0.2) is 15.0 Å².